The van der Waals surface area contributed by atoms with Crippen molar-refractivity contribution in [3.63, 3.8) is 0 Å². The quantitative estimate of drug-likeness (QED) is 0.468. The molecular weight excluding hydrogens is 244 g/mol. The summed E-state index contributed by atoms with van der Waals surface area (Å²) < 4.78 is 0. The van der Waals surface area contributed by atoms with Gasteiger partial charge in [0.15, 0.2) is 5.75 Å². The van der Waals surface area contributed by atoms with Crippen molar-refractivity contribution in [1.82, 2.24) is 0 Å². The molecule has 0 atom stereocenters. The lowest BCUT2D eigenvalue weighted by atomic mass is 10.0. The Morgan fingerprint density at radius 1 is 1.21 bits per heavy atom. The first-order valence-corrected chi connectivity index (χ1v) is 5.76. The fourth-order valence-electron chi connectivity index (χ4n) is 1.34. The van der Waals surface area contributed by atoms with Crippen molar-refractivity contribution in [1.29, 1.82) is 0 Å². The summed E-state index contributed by atoms with van der Waals surface area (Å²) in [4.78, 5) is 9.99. The zero-order valence-corrected chi connectivity index (χ0v) is 10.3. The Balaban J connectivity index is 2.90. The monoisotopic (exact) mass is 258 g/mol. The molecular formula is C11H15BrO2. The van der Waals surface area contributed by atoms with Gasteiger partial charge in [-0.3, -0.25) is 0 Å². The van der Waals surface area contributed by atoms with Crippen LogP contribution in [0.4, 0.5) is 0 Å². The highest BCUT2D eigenvalue weighted by Crippen LogP contribution is 2.23. The van der Waals surface area contributed by atoms with E-state index in [1.54, 1.807) is 0 Å². The molecule has 0 heterocycles. The van der Waals surface area contributed by atoms with E-state index >= 15 is 0 Å². The maximum atomic E-state index is 5.10. The Morgan fingerprint density at radius 2 is 1.79 bits per heavy atom. The zero-order valence-electron chi connectivity index (χ0n) is 8.76. The van der Waals surface area contributed by atoms with Crippen LogP contribution in [0.15, 0.2) is 12.1 Å². The Labute approximate surface area is 93.3 Å². The van der Waals surface area contributed by atoms with E-state index in [1.165, 1.54) is 16.7 Å². The van der Waals surface area contributed by atoms with E-state index in [1.807, 2.05) is 19.1 Å². The van der Waals surface area contributed by atoms with Crippen molar-refractivity contribution in [3.8, 4) is 5.75 Å². The van der Waals surface area contributed by atoms with E-state index < -0.39 is 0 Å². The van der Waals surface area contributed by atoms with Crippen LogP contribution in [0.3, 0.4) is 0 Å². The molecule has 1 aromatic carbocycles. The number of halogens is 1. The molecule has 0 fully saturated rings. The van der Waals surface area contributed by atoms with Gasteiger partial charge in [-0.15, -0.1) is 0 Å². The summed E-state index contributed by atoms with van der Waals surface area (Å²) in [7, 11) is 0. The minimum absolute atomic E-state index is 0.554. The van der Waals surface area contributed by atoms with Gasteiger partial charge in [-0.05, 0) is 49.6 Å². The number of rotatable bonds is 4. The molecule has 1 aromatic rings. The first-order chi connectivity index (χ1) is 6.69. The van der Waals surface area contributed by atoms with Crippen molar-refractivity contribution in [2.75, 3.05) is 6.61 Å². The number of hydrogen-bond donors (Lipinski definition) is 0. The molecule has 0 saturated carbocycles. The molecule has 0 bridgehead atoms. The molecule has 0 radical (unpaired) electrons. The van der Waals surface area contributed by atoms with Gasteiger partial charge in [0, 0.05) is 5.33 Å². The SMILES string of the molecule is CCOOc1cc(C)c(CBr)c(C)c1. The van der Waals surface area contributed by atoms with Gasteiger partial charge in [0.25, 0.3) is 0 Å². The Hall–Kier alpha value is -0.540. The van der Waals surface area contributed by atoms with Gasteiger partial charge in [-0.1, -0.05) is 15.9 Å². The molecule has 78 valence electrons. The molecule has 1 rings (SSSR count). The molecule has 0 N–H and O–H groups in total. The first-order valence-electron chi connectivity index (χ1n) is 4.64. The molecule has 0 saturated heterocycles. The van der Waals surface area contributed by atoms with Crippen LogP contribution < -0.4 is 4.89 Å². The molecule has 0 aliphatic carbocycles. The minimum Gasteiger partial charge on any atom is -0.338 e. The fourth-order valence-corrected chi connectivity index (χ4v) is 2.22. The molecule has 2 nitrogen and oxygen atoms in total. The molecule has 0 unspecified atom stereocenters. The summed E-state index contributed by atoms with van der Waals surface area (Å²) in [5.74, 6) is 0.770. The summed E-state index contributed by atoms with van der Waals surface area (Å²) in [6, 6.07) is 3.97. The number of aryl methyl sites for hydroxylation is 2. The second kappa shape index (κ2) is 5.37. The summed E-state index contributed by atoms with van der Waals surface area (Å²) >= 11 is 3.46. The Kier molecular flexibility index (Phi) is 4.42. The lowest BCUT2D eigenvalue weighted by Gasteiger charge is -2.10. The van der Waals surface area contributed by atoms with Gasteiger partial charge < -0.3 is 4.89 Å². The van der Waals surface area contributed by atoms with E-state index in [-0.39, 0.29) is 0 Å². The Morgan fingerprint density at radius 3 is 2.21 bits per heavy atom. The van der Waals surface area contributed by atoms with E-state index in [9.17, 15) is 0 Å². The van der Waals surface area contributed by atoms with Crippen LogP contribution in [0.1, 0.15) is 23.6 Å². The highest BCUT2D eigenvalue weighted by molar-refractivity contribution is 9.08. The van der Waals surface area contributed by atoms with Crippen LogP contribution in [0.2, 0.25) is 0 Å². The van der Waals surface area contributed by atoms with Crippen LogP contribution in [-0.2, 0) is 10.2 Å². The third kappa shape index (κ3) is 2.72. The fraction of sp³-hybridized carbons (Fsp3) is 0.455. The lowest BCUT2D eigenvalue weighted by Crippen LogP contribution is -1.98. The molecule has 0 aliphatic rings. The maximum absolute atomic E-state index is 5.10. The third-order valence-corrected chi connectivity index (χ3v) is 2.64. The van der Waals surface area contributed by atoms with E-state index in [2.05, 4.69) is 29.8 Å². The molecule has 0 spiro atoms. The summed E-state index contributed by atoms with van der Waals surface area (Å²) in [5, 5.41) is 0.875. The largest absolute Gasteiger partial charge is 0.338 e. The second-order valence-corrected chi connectivity index (χ2v) is 3.72. The molecule has 0 aromatic heterocycles. The summed E-state index contributed by atoms with van der Waals surface area (Å²) in [5.41, 5.74) is 3.75. The number of hydrogen-bond acceptors (Lipinski definition) is 2. The number of benzene rings is 1. The average molecular weight is 259 g/mol. The van der Waals surface area contributed by atoms with Crippen LogP contribution in [0.25, 0.3) is 0 Å². The van der Waals surface area contributed by atoms with Crippen molar-refractivity contribution in [2.45, 2.75) is 26.1 Å². The van der Waals surface area contributed by atoms with Crippen molar-refractivity contribution in [3.05, 3.63) is 28.8 Å². The van der Waals surface area contributed by atoms with Gasteiger partial charge in [0.05, 0.1) is 6.61 Å². The topological polar surface area (TPSA) is 18.5 Å². The van der Waals surface area contributed by atoms with E-state index in [4.69, 9.17) is 9.78 Å². The van der Waals surface area contributed by atoms with Gasteiger partial charge in [-0.25, -0.2) is 0 Å². The molecule has 0 aliphatic heterocycles. The van der Waals surface area contributed by atoms with Gasteiger partial charge in [-0.2, -0.15) is 4.89 Å². The second-order valence-electron chi connectivity index (χ2n) is 3.16. The number of alkyl halides is 1. The summed E-state index contributed by atoms with van der Waals surface area (Å²) in [6.45, 7) is 6.59. The van der Waals surface area contributed by atoms with E-state index in [0.717, 1.165) is 11.1 Å². The van der Waals surface area contributed by atoms with Gasteiger partial charge in [0.1, 0.15) is 0 Å². The van der Waals surface area contributed by atoms with Crippen molar-refractivity contribution >= 4 is 15.9 Å². The van der Waals surface area contributed by atoms with Crippen molar-refractivity contribution < 1.29 is 9.78 Å². The van der Waals surface area contributed by atoms with Crippen LogP contribution in [0.5, 0.6) is 5.75 Å². The van der Waals surface area contributed by atoms with Crippen LogP contribution in [0, 0.1) is 13.8 Å². The molecule has 0 amide bonds. The van der Waals surface area contributed by atoms with Gasteiger partial charge in [0.2, 0.25) is 0 Å². The van der Waals surface area contributed by atoms with Crippen LogP contribution in [-0.4, -0.2) is 6.61 Å². The van der Waals surface area contributed by atoms with Crippen LogP contribution >= 0.6 is 15.9 Å². The van der Waals surface area contributed by atoms with E-state index in [0.29, 0.717) is 6.61 Å². The predicted molar refractivity (Wildman–Crippen MR) is 60.8 cm³/mol. The van der Waals surface area contributed by atoms with Gasteiger partial charge >= 0.3 is 0 Å². The maximum Gasteiger partial charge on any atom is 0.165 e. The highest BCUT2D eigenvalue weighted by Gasteiger charge is 2.04. The Bertz CT molecular complexity index is 287. The standard InChI is InChI=1S/C11H15BrO2/c1-4-13-14-10-5-8(2)11(7-12)9(3)6-10/h5-6H,4,7H2,1-3H3. The minimum atomic E-state index is 0.554. The predicted octanol–water partition coefficient (Wildman–Crippen LogP) is 3.53. The van der Waals surface area contributed by atoms with Crippen molar-refractivity contribution in [2.24, 2.45) is 0 Å². The summed E-state index contributed by atoms with van der Waals surface area (Å²) in [6.07, 6.45) is 0. The molecule has 3 heteroatoms. The highest BCUT2D eigenvalue weighted by atomic mass is 79.9. The normalized spacial score (nSPS) is 10.3. The zero-order chi connectivity index (χ0) is 10.6. The average Bonchev–Trinajstić information content (AvgIpc) is 2.14. The smallest absolute Gasteiger partial charge is 0.165 e. The third-order valence-electron chi connectivity index (χ3n) is 2.08. The lowest BCUT2D eigenvalue weighted by molar-refractivity contribution is -0.202. The molecule has 14 heavy (non-hydrogen) atoms. The first kappa shape index (κ1) is 11.5.